The molecule has 1 fully saturated rings. The fraction of sp³-hybridized carbons (Fsp3) is 0.429. The molecule has 4 heteroatoms. The van der Waals surface area contributed by atoms with Gasteiger partial charge in [-0.15, -0.1) is 0 Å². The van der Waals surface area contributed by atoms with Crippen LogP contribution >= 0.6 is 12.2 Å². The van der Waals surface area contributed by atoms with Gasteiger partial charge in [-0.2, -0.15) is 5.10 Å². The standard InChI is InChI=1S/C14H17N3S/c1-14(2,11-8-9-11)17-12(15-16-13(17)18)10-6-4-3-5-7-10/h3-7,11H,8-9H2,1-2H3,(H,16,18). The fourth-order valence-corrected chi connectivity index (χ4v) is 2.95. The minimum atomic E-state index is 0.0370. The van der Waals surface area contributed by atoms with E-state index in [9.17, 15) is 0 Å². The van der Waals surface area contributed by atoms with E-state index in [0.29, 0.717) is 10.7 Å². The van der Waals surface area contributed by atoms with Gasteiger partial charge in [0.25, 0.3) is 0 Å². The first-order valence-electron chi connectivity index (χ1n) is 6.34. The molecule has 3 nitrogen and oxygen atoms in total. The first-order chi connectivity index (χ1) is 8.60. The van der Waals surface area contributed by atoms with Crippen molar-refractivity contribution in [1.29, 1.82) is 0 Å². The van der Waals surface area contributed by atoms with Crippen LogP contribution in [0, 0.1) is 10.7 Å². The summed E-state index contributed by atoms with van der Waals surface area (Å²) in [5.74, 6) is 1.65. The van der Waals surface area contributed by atoms with Gasteiger partial charge in [0.15, 0.2) is 10.6 Å². The third kappa shape index (κ3) is 1.81. The largest absolute Gasteiger partial charge is 0.294 e. The summed E-state index contributed by atoms with van der Waals surface area (Å²) >= 11 is 5.41. The molecule has 0 atom stereocenters. The van der Waals surface area contributed by atoms with Crippen molar-refractivity contribution in [3.8, 4) is 11.4 Å². The molecule has 0 radical (unpaired) electrons. The van der Waals surface area contributed by atoms with Crippen LogP contribution in [0.2, 0.25) is 0 Å². The number of hydrogen-bond acceptors (Lipinski definition) is 2. The van der Waals surface area contributed by atoms with E-state index in [0.717, 1.165) is 11.4 Å². The first-order valence-corrected chi connectivity index (χ1v) is 6.75. The highest BCUT2D eigenvalue weighted by molar-refractivity contribution is 7.71. The molecular formula is C14H17N3S. The predicted molar refractivity (Wildman–Crippen MR) is 74.9 cm³/mol. The number of nitrogens with zero attached hydrogens (tertiary/aromatic N) is 2. The highest BCUT2D eigenvalue weighted by Crippen LogP contribution is 2.45. The second-order valence-corrected chi connectivity index (χ2v) is 5.87. The summed E-state index contributed by atoms with van der Waals surface area (Å²) in [6.07, 6.45) is 2.57. The smallest absolute Gasteiger partial charge is 0.195 e. The molecule has 3 rings (SSSR count). The predicted octanol–water partition coefficient (Wildman–Crippen LogP) is 3.75. The zero-order valence-electron chi connectivity index (χ0n) is 10.7. The lowest BCUT2D eigenvalue weighted by Gasteiger charge is -2.27. The summed E-state index contributed by atoms with van der Waals surface area (Å²) in [4.78, 5) is 0. The van der Waals surface area contributed by atoms with E-state index in [1.54, 1.807) is 0 Å². The van der Waals surface area contributed by atoms with E-state index < -0.39 is 0 Å². The van der Waals surface area contributed by atoms with Crippen LogP contribution < -0.4 is 0 Å². The highest BCUT2D eigenvalue weighted by Gasteiger charge is 2.41. The Morgan fingerprint density at radius 3 is 2.56 bits per heavy atom. The van der Waals surface area contributed by atoms with Crippen molar-refractivity contribution in [1.82, 2.24) is 14.8 Å². The number of H-pyrrole nitrogens is 1. The molecule has 1 aromatic carbocycles. The summed E-state index contributed by atoms with van der Waals surface area (Å²) in [6.45, 7) is 4.50. The summed E-state index contributed by atoms with van der Waals surface area (Å²) in [5, 5.41) is 7.35. The molecule has 1 saturated carbocycles. The molecule has 1 heterocycles. The minimum absolute atomic E-state index is 0.0370. The Morgan fingerprint density at radius 1 is 1.28 bits per heavy atom. The molecule has 0 bridgehead atoms. The van der Waals surface area contributed by atoms with Crippen LogP contribution in [0.5, 0.6) is 0 Å². The topological polar surface area (TPSA) is 33.6 Å². The Morgan fingerprint density at radius 2 is 1.94 bits per heavy atom. The molecule has 94 valence electrons. The zero-order valence-corrected chi connectivity index (χ0v) is 11.5. The zero-order chi connectivity index (χ0) is 12.8. The third-order valence-corrected chi connectivity index (χ3v) is 4.13. The van der Waals surface area contributed by atoms with Gasteiger partial charge in [-0.1, -0.05) is 30.3 Å². The Bertz CT molecular complexity index is 605. The quantitative estimate of drug-likeness (QED) is 0.852. The van der Waals surface area contributed by atoms with E-state index in [1.807, 2.05) is 18.2 Å². The van der Waals surface area contributed by atoms with Crippen molar-refractivity contribution in [3.05, 3.63) is 35.1 Å². The highest BCUT2D eigenvalue weighted by atomic mass is 32.1. The maximum Gasteiger partial charge on any atom is 0.195 e. The molecule has 0 spiro atoms. The van der Waals surface area contributed by atoms with Crippen LogP contribution in [-0.4, -0.2) is 14.8 Å². The molecule has 1 aromatic heterocycles. The second kappa shape index (κ2) is 4.05. The Balaban J connectivity index is 2.15. The van der Waals surface area contributed by atoms with Gasteiger partial charge in [-0.05, 0) is 44.8 Å². The monoisotopic (exact) mass is 259 g/mol. The lowest BCUT2D eigenvalue weighted by molar-refractivity contribution is 0.304. The molecule has 0 amide bonds. The average Bonchev–Trinajstić information content (AvgIpc) is 3.14. The number of benzene rings is 1. The summed E-state index contributed by atoms with van der Waals surface area (Å²) in [6, 6.07) is 10.2. The van der Waals surface area contributed by atoms with Crippen molar-refractivity contribution in [2.45, 2.75) is 32.2 Å². The summed E-state index contributed by atoms with van der Waals surface area (Å²) in [7, 11) is 0. The lowest BCUT2D eigenvalue weighted by Crippen LogP contribution is -2.29. The minimum Gasteiger partial charge on any atom is -0.294 e. The average molecular weight is 259 g/mol. The molecule has 0 unspecified atom stereocenters. The summed E-state index contributed by atoms with van der Waals surface area (Å²) in [5.41, 5.74) is 1.15. The van der Waals surface area contributed by atoms with Crippen LogP contribution in [-0.2, 0) is 5.54 Å². The van der Waals surface area contributed by atoms with Crippen LogP contribution in [0.1, 0.15) is 26.7 Å². The van der Waals surface area contributed by atoms with Gasteiger partial charge in [0.1, 0.15) is 0 Å². The number of hydrogen-bond donors (Lipinski definition) is 1. The second-order valence-electron chi connectivity index (χ2n) is 5.48. The molecule has 2 aromatic rings. The van der Waals surface area contributed by atoms with Gasteiger partial charge in [0.05, 0.1) is 0 Å². The van der Waals surface area contributed by atoms with Crippen molar-refractivity contribution in [3.63, 3.8) is 0 Å². The van der Waals surface area contributed by atoms with Gasteiger partial charge in [0.2, 0.25) is 0 Å². The van der Waals surface area contributed by atoms with Crippen molar-refractivity contribution in [2.24, 2.45) is 5.92 Å². The number of aromatic nitrogens is 3. The molecule has 0 aliphatic heterocycles. The number of rotatable bonds is 3. The van der Waals surface area contributed by atoms with Crippen molar-refractivity contribution < 1.29 is 0 Å². The van der Waals surface area contributed by atoms with Crippen molar-refractivity contribution >= 4 is 12.2 Å². The van der Waals surface area contributed by atoms with Gasteiger partial charge in [-0.25, -0.2) is 0 Å². The Labute approximate surface area is 112 Å². The van der Waals surface area contributed by atoms with Crippen LogP contribution in [0.25, 0.3) is 11.4 Å². The third-order valence-electron chi connectivity index (χ3n) is 3.86. The fourth-order valence-electron chi connectivity index (χ4n) is 2.58. The molecule has 1 aliphatic carbocycles. The van der Waals surface area contributed by atoms with E-state index in [2.05, 4.69) is 40.7 Å². The SMILES string of the molecule is CC(C)(C1CC1)n1c(-c2ccccc2)n[nH]c1=S. The van der Waals surface area contributed by atoms with Crippen LogP contribution in [0.4, 0.5) is 0 Å². The van der Waals surface area contributed by atoms with Gasteiger partial charge in [0, 0.05) is 11.1 Å². The van der Waals surface area contributed by atoms with Crippen LogP contribution in [0.3, 0.4) is 0 Å². The molecular weight excluding hydrogens is 242 g/mol. The summed E-state index contributed by atoms with van der Waals surface area (Å²) < 4.78 is 2.89. The van der Waals surface area contributed by atoms with E-state index >= 15 is 0 Å². The Hall–Kier alpha value is -1.42. The Kier molecular flexibility index (Phi) is 2.63. The molecule has 0 saturated heterocycles. The van der Waals surface area contributed by atoms with E-state index in [1.165, 1.54) is 12.8 Å². The number of aromatic amines is 1. The van der Waals surface area contributed by atoms with E-state index in [-0.39, 0.29) is 5.54 Å². The van der Waals surface area contributed by atoms with Gasteiger partial charge in [-0.3, -0.25) is 9.67 Å². The lowest BCUT2D eigenvalue weighted by atomic mass is 9.98. The molecule has 1 N–H and O–H groups in total. The normalized spacial score (nSPS) is 15.9. The van der Waals surface area contributed by atoms with Gasteiger partial charge < -0.3 is 0 Å². The van der Waals surface area contributed by atoms with Gasteiger partial charge >= 0.3 is 0 Å². The molecule has 1 aliphatic rings. The number of nitrogens with one attached hydrogen (secondary N) is 1. The van der Waals surface area contributed by atoms with E-state index in [4.69, 9.17) is 12.2 Å². The maximum absolute atomic E-state index is 5.41. The first kappa shape index (κ1) is 11.7. The van der Waals surface area contributed by atoms with Crippen LogP contribution in [0.15, 0.2) is 30.3 Å². The molecule has 18 heavy (non-hydrogen) atoms. The van der Waals surface area contributed by atoms with Crippen molar-refractivity contribution in [2.75, 3.05) is 0 Å². The maximum atomic E-state index is 5.41.